The van der Waals surface area contributed by atoms with Crippen LogP contribution in [0.3, 0.4) is 0 Å². The zero-order valence-electron chi connectivity index (χ0n) is 10.2. The van der Waals surface area contributed by atoms with Crippen molar-refractivity contribution in [3.8, 4) is 0 Å². The van der Waals surface area contributed by atoms with Crippen LogP contribution in [-0.4, -0.2) is 35.9 Å². The van der Waals surface area contributed by atoms with Crippen molar-refractivity contribution in [1.29, 1.82) is 0 Å². The minimum Gasteiger partial charge on any atom is -0.480 e. The highest BCUT2D eigenvalue weighted by Crippen LogP contribution is 2.21. The maximum Gasteiger partial charge on any atom is 0.320 e. The molecule has 0 spiro atoms. The molecule has 1 aliphatic rings. The van der Waals surface area contributed by atoms with Crippen molar-refractivity contribution in [2.24, 2.45) is 0 Å². The van der Waals surface area contributed by atoms with Crippen LogP contribution in [0.5, 0.6) is 0 Å². The number of hydrogen-bond acceptors (Lipinski definition) is 3. The number of hydrogen-bond donors (Lipinski definition) is 2. The van der Waals surface area contributed by atoms with Gasteiger partial charge in [0, 0.05) is 12.6 Å². The predicted octanol–water partition coefficient (Wildman–Crippen LogP) is 1.79. The van der Waals surface area contributed by atoms with Gasteiger partial charge in [0.05, 0.1) is 6.10 Å². The van der Waals surface area contributed by atoms with E-state index in [-0.39, 0.29) is 6.04 Å². The number of ether oxygens (including phenoxy) is 1. The standard InChI is InChI=1S/C12H23NO3/c1-9(2)13-11(12(14)15)7-8-16-10-5-3-4-6-10/h9-11,13H,3-8H2,1-2H3,(H,14,15). The lowest BCUT2D eigenvalue weighted by Crippen LogP contribution is -2.41. The highest BCUT2D eigenvalue weighted by atomic mass is 16.5. The first-order chi connectivity index (χ1) is 7.59. The third-order valence-corrected chi connectivity index (χ3v) is 2.89. The third-order valence-electron chi connectivity index (χ3n) is 2.89. The Morgan fingerprint density at radius 3 is 2.56 bits per heavy atom. The maximum absolute atomic E-state index is 10.9. The second kappa shape index (κ2) is 6.86. The van der Waals surface area contributed by atoms with E-state index in [0.29, 0.717) is 19.1 Å². The largest absolute Gasteiger partial charge is 0.480 e. The molecule has 0 saturated heterocycles. The molecule has 94 valence electrons. The lowest BCUT2D eigenvalue weighted by Gasteiger charge is -2.18. The van der Waals surface area contributed by atoms with Crippen LogP contribution in [0.4, 0.5) is 0 Å². The molecule has 0 radical (unpaired) electrons. The van der Waals surface area contributed by atoms with E-state index >= 15 is 0 Å². The molecule has 0 aromatic heterocycles. The molecular weight excluding hydrogens is 206 g/mol. The molecule has 1 rings (SSSR count). The molecular formula is C12H23NO3. The molecule has 0 bridgehead atoms. The number of carboxylic acid groups (broad SMARTS) is 1. The molecule has 1 aliphatic carbocycles. The van der Waals surface area contributed by atoms with E-state index in [1.807, 2.05) is 13.8 Å². The smallest absolute Gasteiger partial charge is 0.320 e. The van der Waals surface area contributed by atoms with Gasteiger partial charge in [0.2, 0.25) is 0 Å². The molecule has 0 amide bonds. The van der Waals surface area contributed by atoms with Gasteiger partial charge in [-0.1, -0.05) is 26.7 Å². The van der Waals surface area contributed by atoms with Crippen LogP contribution in [-0.2, 0) is 9.53 Å². The maximum atomic E-state index is 10.9. The quantitative estimate of drug-likeness (QED) is 0.698. The predicted molar refractivity (Wildman–Crippen MR) is 62.5 cm³/mol. The lowest BCUT2D eigenvalue weighted by molar-refractivity contribution is -0.140. The number of rotatable bonds is 7. The van der Waals surface area contributed by atoms with Gasteiger partial charge in [-0.15, -0.1) is 0 Å². The Morgan fingerprint density at radius 2 is 2.06 bits per heavy atom. The van der Waals surface area contributed by atoms with Gasteiger partial charge in [0.25, 0.3) is 0 Å². The summed E-state index contributed by atoms with van der Waals surface area (Å²) in [6.45, 7) is 4.45. The van der Waals surface area contributed by atoms with Crippen LogP contribution in [0.15, 0.2) is 0 Å². The minimum atomic E-state index is -0.788. The van der Waals surface area contributed by atoms with Gasteiger partial charge >= 0.3 is 5.97 Å². The number of carbonyl (C=O) groups is 1. The highest BCUT2D eigenvalue weighted by Gasteiger charge is 2.20. The van der Waals surface area contributed by atoms with E-state index in [0.717, 1.165) is 12.8 Å². The van der Waals surface area contributed by atoms with Crippen LogP contribution in [0.1, 0.15) is 46.0 Å². The summed E-state index contributed by atoms with van der Waals surface area (Å²) in [5, 5.41) is 12.0. The first kappa shape index (κ1) is 13.5. The molecule has 0 aromatic carbocycles. The zero-order chi connectivity index (χ0) is 12.0. The van der Waals surface area contributed by atoms with Crippen molar-refractivity contribution >= 4 is 5.97 Å². The Balaban J connectivity index is 2.18. The molecule has 4 nitrogen and oxygen atoms in total. The van der Waals surface area contributed by atoms with Crippen molar-refractivity contribution in [3.05, 3.63) is 0 Å². The molecule has 4 heteroatoms. The normalized spacial score (nSPS) is 19.2. The molecule has 1 fully saturated rings. The summed E-state index contributed by atoms with van der Waals surface area (Å²) in [7, 11) is 0. The Bertz CT molecular complexity index is 212. The average Bonchev–Trinajstić information content (AvgIpc) is 2.68. The van der Waals surface area contributed by atoms with Gasteiger partial charge in [0.1, 0.15) is 6.04 Å². The van der Waals surface area contributed by atoms with Crippen molar-refractivity contribution < 1.29 is 14.6 Å². The molecule has 1 unspecified atom stereocenters. The molecule has 1 saturated carbocycles. The second-order valence-electron chi connectivity index (χ2n) is 4.78. The molecule has 1 atom stereocenters. The third kappa shape index (κ3) is 4.94. The minimum absolute atomic E-state index is 0.188. The summed E-state index contributed by atoms with van der Waals surface area (Å²) in [4.78, 5) is 10.9. The van der Waals surface area contributed by atoms with E-state index in [1.54, 1.807) is 0 Å². The second-order valence-corrected chi connectivity index (χ2v) is 4.78. The topological polar surface area (TPSA) is 58.6 Å². The Kier molecular flexibility index (Phi) is 5.77. The van der Waals surface area contributed by atoms with E-state index in [4.69, 9.17) is 9.84 Å². The first-order valence-corrected chi connectivity index (χ1v) is 6.20. The summed E-state index contributed by atoms with van der Waals surface area (Å²) in [6.07, 6.45) is 5.68. The van der Waals surface area contributed by atoms with Gasteiger partial charge in [-0.05, 0) is 19.3 Å². The lowest BCUT2D eigenvalue weighted by atomic mass is 10.2. The van der Waals surface area contributed by atoms with Crippen molar-refractivity contribution in [2.45, 2.75) is 64.1 Å². The van der Waals surface area contributed by atoms with Gasteiger partial charge in [0.15, 0.2) is 0 Å². The fourth-order valence-electron chi connectivity index (χ4n) is 2.09. The SMILES string of the molecule is CC(C)NC(CCOC1CCCC1)C(=O)O. The van der Waals surface area contributed by atoms with E-state index in [9.17, 15) is 4.79 Å². The summed E-state index contributed by atoms with van der Waals surface area (Å²) in [6, 6.07) is -0.297. The molecule has 0 aromatic rings. The fourth-order valence-corrected chi connectivity index (χ4v) is 2.09. The number of aliphatic carboxylic acids is 1. The molecule has 0 aliphatic heterocycles. The Labute approximate surface area is 97.4 Å². The summed E-state index contributed by atoms with van der Waals surface area (Å²) in [5.41, 5.74) is 0. The average molecular weight is 229 g/mol. The van der Waals surface area contributed by atoms with Crippen molar-refractivity contribution in [3.63, 3.8) is 0 Å². The van der Waals surface area contributed by atoms with Crippen LogP contribution in [0.2, 0.25) is 0 Å². The van der Waals surface area contributed by atoms with Gasteiger partial charge in [-0.25, -0.2) is 0 Å². The Morgan fingerprint density at radius 1 is 1.44 bits per heavy atom. The zero-order valence-corrected chi connectivity index (χ0v) is 10.2. The van der Waals surface area contributed by atoms with Gasteiger partial charge < -0.3 is 15.2 Å². The van der Waals surface area contributed by atoms with Crippen molar-refractivity contribution in [1.82, 2.24) is 5.32 Å². The first-order valence-electron chi connectivity index (χ1n) is 6.20. The summed E-state index contributed by atoms with van der Waals surface area (Å²) < 4.78 is 5.66. The van der Waals surface area contributed by atoms with Crippen LogP contribution >= 0.6 is 0 Å². The van der Waals surface area contributed by atoms with E-state index in [2.05, 4.69) is 5.32 Å². The number of nitrogens with one attached hydrogen (secondary N) is 1. The molecule has 2 N–H and O–H groups in total. The van der Waals surface area contributed by atoms with Gasteiger partial charge in [-0.2, -0.15) is 0 Å². The number of carboxylic acids is 1. The van der Waals surface area contributed by atoms with Crippen molar-refractivity contribution in [2.75, 3.05) is 6.61 Å². The Hall–Kier alpha value is -0.610. The van der Waals surface area contributed by atoms with Crippen LogP contribution < -0.4 is 5.32 Å². The highest BCUT2D eigenvalue weighted by molar-refractivity contribution is 5.73. The monoisotopic (exact) mass is 229 g/mol. The summed E-state index contributed by atoms with van der Waals surface area (Å²) in [5.74, 6) is -0.788. The fraction of sp³-hybridized carbons (Fsp3) is 0.917. The van der Waals surface area contributed by atoms with Crippen LogP contribution in [0.25, 0.3) is 0 Å². The molecule has 16 heavy (non-hydrogen) atoms. The summed E-state index contributed by atoms with van der Waals surface area (Å²) >= 11 is 0. The van der Waals surface area contributed by atoms with E-state index in [1.165, 1.54) is 12.8 Å². The van der Waals surface area contributed by atoms with Crippen LogP contribution in [0, 0.1) is 0 Å². The van der Waals surface area contributed by atoms with Gasteiger partial charge in [-0.3, -0.25) is 4.79 Å². The molecule has 0 heterocycles. The van der Waals surface area contributed by atoms with E-state index < -0.39 is 12.0 Å².